The summed E-state index contributed by atoms with van der Waals surface area (Å²) in [6.45, 7) is 13.7. The van der Waals surface area contributed by atoms with Gasteiger partial charge in [-0.25, -0.2) is 0 Å². The van der Waals surface area contributed by atoms with Crippen LogP contribution in [0.5, 0.6) is 0 Å². The van der Waals surface area contributed by atoms with E-state index in [1.54, 1.807) is 11.1 Å². The van der Waals surface area contributed by atoms with Gasteiger partial charge in [0.05, 0.1) is 0 Å². The third kappa shape index (κ3) is 8.82. The van der Waals surface area contributed by atoms with Gasteiger partial charge < -0.3 is 0 Å². The normalized spacial score (nSPS) is 18.9. The number of piperidine rings is 1. The van der Waals surface area contributed by atoms with E-state index in [0.717, 1.165) is 38.0 Å². The van der Waals surface area contributed by atoms with E-state index in [4.69, 9.17) is 0 Å². The van der Waals surface area contributed by atoms with Crippen LogP contribution in [0.25, 0.3) is 5.57 Å². The van der Waals surface area contributed by atoms with Crippen LogP contribution < -0.4 is 0 Å². The largest absolute Gasteiger partial charge is 0.297 e. The molecule has 0 spiro atoms. The summed E-state index contributed by atoms with van der Waals surface area (Å²) in [7, 11) is 0. The summed E-state index contributed by atoms with van der Waals surface area (Å²) in [4.78, 5) is 2.74. The molecule has 43 heavy (non-hydrogen) atoms. The maximum Gasteiger partial charge on any atom is 0.0282 e. The number of benzene rings is 2. The first kappa shape index (κ1) is 31.5. The molecule has 1 fully saturated rings. The maximum atomic E-state index is 4.28. The smallest absolute Gasteiger partial charge is 0.0282 e. The van der Waals surface area contributed by atoms with Gasteiger partial charge in [0.2, 0.25) is 0 Å². The second-order valence-electron chi connectivity index (χ2n) is 13.4. The molecule has 5 rings (SSSR count). The van der Waals surface area contributed by atoms with Crippen molar-refractivity contribution in [3.63, 3.8) is 0 Å². The Labute approximate surface area is 263 Å². The summed E-state index contributed by atoms with van der Waals surface area (Å²) in [5, 5.41) is 0. The lowest BCUT2D eigenvalue weighted by molar-refractivity contribution is 0.155. The fraction of sp³-hybridized carbons (Fsp3) is 0.476. The first-order chi connectivity index (χ1) is 21.0. The molecule has 0 aromatic heterocycles. The Bertz CT molecular complexity index is 1320. The fourth-order valence-corrected chi connectivity index (χ4v) is 7.34. The monoisotopic (exact) mass is 573 g/mol. The zero-order chi connectivity index (χ0) is 30.0. The van der Waals surface area contributed by atoms with Gasteiger partial charge in [0.15, 0.2) is 0 Å². The predicted octanol–water partition coefficient (Wildman–Crippen LogP) is 11.0. The molecule has 0 saturated carbocycles. The third-order valence-electron chi connectivity index (χ3n) is 10.3. The number of likely N-dealkylation sites (tertiary alicyclic amines) is 1. The van der Waals surface area contributed by atoms with Crippen LogP contribution in [0.1, 0.15) is 107 Å². The van der Waals surface area contributed by atoms with Crippen LogP contribution >= 0.6 is 0 Å². The summed E-state index contributed by atoms with van der Waals surface area (Å²) in [6.07, 6.45) is 25.2. The third-order valence-corrected chi connectivity index (χ3v) is 10.3. The van der Waals surface area contributed by atoms with Gasteiger partial charge in [-0.05, 0) is 130 Å². The average molecular weight is 574 g/mol. The number of allylic oxidation sites excluding steroid dienone is 8. The molecular weight excluding hydrogens is 518 g/mol. The highest BCUT2D eigenvalue weighted by molar-refractivity contribution is 5.69. The highest BCUT2D eigenvalue weighted by Crippen LogP contribution is 2.32. The fourth-order valence-electron chi connectivity index (χ4n) is 7.34. The summed E-state index contributed by atoms with van der Waals surface area (Å²) >= 11 is 0. The van der Waals surface area contributed by atoms with Crippen molar-refractivity contribution in [2.75, 3.05) is 13.1 Å². The minimum absolute atomic E-state index is 0.599. The summed E-state index contributed by atoms with van der Waals surface area (Å²) in [6, 6.07) is 19.4. The topological polar surface area (TPSA) is 3.24 Å². The number of aryl methyl sites for hydroxylation is 2. The Morgan fingerprint density at radius 1 is 0.744 bits per heavy atom. The minimum atomic E-state index is 0.599. The van der Waals surface area contributed by atoms with Gasteiger partial charge in [-0.3, -0.25) is 4.90 Å². The van der Waals surface area contributed by atoms with Crippen molar-refractivity contribution in [3.05, 3.63) is 124 Å². The molecule has 1 nitrogen and oxygen atoms in total. The molecule has 2 aromatic rings. The molecule has 0 amide bonds. The van der Waals surface area contributed by atoms with E-state index >= 15 is 0 Å². The van der Waals surface area contributed by atoms with Crippen molar-refractivity contribution in [1.29, 1.82) is 0 Å². The Balaban J connectivity index is 1.05. The molecule has 1 aliphatic heterocycles. The van der Waals surface area contributed by atoms with E-state index in [1.165, 1.54) is 103 Å². The average Bonchev–Trinajstić information content (AvgIpc) is 3.05. The van der Waals surface area contributed by atoms with E-state index < -0.39 is 0 Å². The van der Waals surface area contributed by atoms with Gasteiger partial charge in [0.1, 0.15) is 0 Å². The van der Waals surface area contributed by atoms with Crippen molar-refractivity contribution in [2.45, 2.75) is 110 Å². The van der Waals surface area contributed by atoms with Crippen LogP contribution in [0.3, 0.4) is 0 Å². The van der Waals surface area contributed by atoms with Crippen molar-refractivity contribution >= 4 is 5.57 Å². The van der Waals surface area contributed by atoms with Gasteiger partial charge in [0, 0.05) is 6.04 Å². The van der Waals surface area contributed by atoms with Gasteiger partial charge in [-0.1, -0.05) is 123 Å². The van der Waals surface area contributed by atoms with Crippen LogP contribution in [0.15, 0.2) is 102 Å². The van der Waals surface area contributed by atoms with Gasteiger partial charge in [-0.15, -0.1) is 0 Å². The molecule has 1 unspecified atom stereocenters. The van der Waals surface area contributed by atoms with Gasteiger partial charge in [0.25, 0.3) is 0 Å². The molecule has 228 valence electrons. The summed E-state index contributed by atoms with van der Waals surface area (Å²) < 4.78 is 0. The van der Waals surface area contributed by atoms with Gasteiger partial charge in [-0.2, -0.15) is 0 Å². The van der Waals surface area contributed by atoms with Crippen molar-refractivity contribution in [1.82, 2.24) is 4.90 Å². The Hall–Kier alpha value is -2.90. The minimum Gasteiger partial charge on any atom is -0.297 e. The van der Waals surface area contributed by atoms with Crippen LogP contribution in [0.2, 0.25) is 0 Å². The standard InChI is InChI=1S/C42H55N/c1-5-7-32(3)39-23-25-42(26-24-39)41-21-17-36(18-22-41)10-9-35-11-13-37(14-12-35)31-38-27-29-43(30-28-38)33(4)40-19-15-34(8-6-2)16-20-40/h11-15,17-19,21-23,25,33,38H,3,5-10,16,20,24,26-31H2,1-2,4H3. The molecule has 1 atom stereocenters. The molecule has 1 saturated heterocycles. The quantitative estimate of drug-likeness (QED) is 0.230. The zero-order valence-electron chi connectivity index (χ0n) is 27.3. The van der Waals surface area contributed by atoms with Gasteiger partial charge >= 0.3 is 0 Å². The van der Waals surface area contributed by atoms with Crippen LogP contribution in [-0.4, -0.2) is 24.0 Å². The SMILES string of the molecule is C=C(CCC)C1=CC=C(c2ccc(CCc3ccc(CC4CCN(C(C)C5=CC=C(CCC)CC5)CC4)cc3)cc2)CC1. The lowest BCUT2D eigenvalue weighted by Gasteiger charge is -2.38. The van der Waals surface area contributed by atoms with Crippen molar-refractivity contribution < 1.29 is 0 Å². The Morgan fingerprint density at radius 2 is 1.42 bits per heavy atom. The highest BCUT2D eigenvalue weighted by Gasteiger charge is 2.25. The number of rotatable bonds is 13. The van der Waals surface area contributed by atoms with E-state index in [1.807, 2.05) is 0 Å². The second kappa shape index (κ2) is 15.7. The van der Waals surface area contributed by atoms with Crippen molar-refractivity contribution in [2.24, 2.45) is 5.92 Å². The summed E-state index contributed by atoms with van der Waals surface area (Å²) in [5.41, 5.74) is 13.3. The van der Waals surface area contributed by atoms with Crippen LogP contribution in [0.4, 0.5) is 0 Å². The molecule has 0 N–H and O–H groups in total. The zero-order valence-corrected chi connectivity index (χ0v) is 27.3. The number of nitrogens with zero attached hydrogens (tertiary/aromatic N) is 1. The Kier molecular flexibility index (Phi) is 11.5. The first-order valence-electron chi connectivity index (χ1n) is 17.4. The lowest BCUT2D eigenvalue weighted by Crippen LogP contribution is -2.41. The van der Waals surface area contributed by atoms with Crippen molar-refractivity contribution in [3.8, 4) is 0 Å². The molecule has 3 aliphatic rings. The number of hydrogen-bond acceptors (Lipinski definition) is 1. The molecule has 1 heteroatoms. The molecule has 1 heterocycles. The molecule has 0 bridgehead atoms. The molecular formula is C42H55N. The maximum absolute atomic E-state index is 4.28. The second-order valence-corrected chi connectivity index (χ2v) is 13.4. The number of hydrogen-bond donors (Lipinski definition) is 0. The van der Waals surface area contributed by atoms with Crippen LogP contribution in [-0.2, 0) is 19.3 Å². The molecule has 2 aliphatic carbocycles. The highest BCUT2D eigenvalue weighted by atomic mass is 15.2. The van der Waals surface area contributed by atoms with E-state index in [-0.39, 0.29) is 0 Å². The predicted molar refractivity (Wildman–Crippen MR) is 187 cm³/mol. The van der Waals surface area contributed by atoms with E-state index in [0.29, 0.717) is 6.04 Å². The van der Waals surface area contributed by atoms with E-state index in [2.05, 4.69) is 105 Å². The van der Waals surface area contributed by atoms with Crippen LogP contribution in [0, 0.1) is 5.92 Å². The Morgan fingerprint density at radius 3 is 2.00 bits per heavy atom. The molecule has 0 radical (unpaired) electrons. The summed E-state index contributed by atoms with van der Waals surface area (Å²) in [5.74, 6) is 0.820. The van der Waals surface area contributed by atoms with E-state index in [9.17, 15) is 0 Å². The first-order valence-corrected chi connectivity index (χ1v) is 17.4. The molecule has 2 aromatic carbocycles. The lowest BCUT2D eigenvalue weighted by atomic mass is 9.87.